The van der Waals surface area contributed by atoms with E-state index in [0.717, 1.165) is 11.3 Å². The van der Waals surface area contributed by atoms with E-state index in [1.54, 1.807) is 64.2 Å². The highest BCUT2D eigenvalue weighted by Gasteiger charge is 2.57. The highest BCUT2D eigenvalue weighted by molar-refractivity contribution is 5.07. The van der Waals surface area contributed by atoms with Crippen LogP contribution in [0.15, 0.2) is 0 Å². The minimum Gasteiger partial charge on any atom is -0.0530 e. The van der Waals surface area contributed by atoms with E-state index in [4.69, 9.17) is 0 Å². The van der Waals surface area contributed by atoms with Gasteiger partial charge < -0.3 is 0 Å². The van der Waals surface area contributed by atoms with Crippen LogP contribution in [0, 0.1) is 29.1 Å². The summed E-state index contributed by atoms with van der Waals surface area (Å²) >= 11 is 0. The molecular formula is C15H24. The van der Waals surface area contributed by atoms with Crippen LogP contribution < -0.4 is 0 Å². The van der Waals surface area contributed by atoms with E-state index in [1.807, 2.05) is 0 Å². The minimum atomic E-state index is 0.891. The number of fused-ring (bicyclic) bond motifs is 3. The summed E-state index contributed by atoms with van der Waals surface area (Å²) in [6.07, 6.45) is 16.0. The number of hydrogen-bond acceptors (Lipinski definition) is 0. The van der Waals surface area contributed by atoms with Crippen LogP contribution in [-0.2, 0) is 0 Å². The maximum atomic E-state index is 1.65. The molecule has 5 atom stereocenters. The summed E-state index contributed by atoms with van der Waals surface area (Å²) in [6.45, 7) is 0. The molecule has 0 saturated heterocycles. The highest BCUT2D eigenvalue weighted by atomic mass is 14.6. The second-order valence-corrected chi connectivity index (χ2v) is 7.07. The molecule has 0 aromatic carbocycles. The molecule has 1 spiro atoms. The van der Waals surface area contributed by atoms with Crippen LogP contribution in [-0.4, -0.2) is 0 Å². The summed E-state index contributed by atoms with van der Waals surface area (Å²) < 4.78 is 0. The minimum absolute atomic E-state index is 0.891. The van der Waals surface area contributed by atoms with Crippen LogP contribution >= 0.6 is 0 Å². The van der Waals surface area contributed by atoms with Crippen LogP contribution in [0.25, 0.3) is 0 Å². The largest absolute Gasteiger partial charge is 0.0530 e. The monoisotopic (exact) mass is 204 g/mol. The molecule has 0 aliphatic heterocycles. The molecule has 0 radical (unpaired) electrons. The predicted molar refractivity (Wildman–Crippen MR) is 62.6 cm³/mol. The molecule has 0 nitrogen and oxygen atoms in total. The van der Waals surface area contributed by atoms with Gasteiger partial charge in [0.1, 0.15) is 0 Å². The van der Waals surface area contributed by atoms with Gasteiger partial charge in [-0.05, 0) is 67.6 Å². The summed E-state index contributed by atoms with van der Waals surface area (Å²) in [7, 11) is 0. The fourth-order valence-electron chi connectivity index (χ4n) is 6.12. The summed E-state index contributed by atoms with van der Waals surface area (Å²) in [5.41, 5.74) is 0.891. The second-order valence-electron chi connectivity index (χ2n) is 7.07. The van der Waals surface area contributed by atoms with Gasteiger partial charge in [0.15, 0.2) is 0 Å². The first-order valence-electron chi connectivity index (χ1n) is 7.37. The predicted octanol–water partition coefficient (Wildman–Crippen LogP) is 4.39. The molecule has 2 bridgehead atoms. The van der Waals surface area contributed by atoms with Gasteiger partial charge >= 0.3 is 0 Å². The molecule has 0 aromatic rings. The molecule has 0 N–H and O–H groups in total. The van der Waals surface area contributed by atoms with Gasteiger partial charge in [0.25, 0.3) is 0 Å². The topological polar surface area (TPSA) is 0 Å². The Kier molecular flexibility index (Phi) is 1.83. The van der Waals surface area contributed by atoms with E-state index in [2.05, 4.69) is 0 Å². The average molecular weight is 204 g/mol. The molecule has 0 amide bonds. The van der Waals surface area contributed by atoms with E-state index in [9.17, 15) is 0 Å². The lowest BCUT2D eigenvalue weighted by Gasteiger charge is -2.38. The molecule has 15 heavy (non-hydrogen) atoms. The molecule has 4 saturated carbocycles. The zero-order chi connectivity index (χ0) is 9.88. The zero-order valence-corrected chi connectivity index (χ0v) is 9.88. The Morgan fingerprint density at radius 1 is 0.800 bits per heavy atom. The third-order valence-electron chi connectivity index (χ3n) is 6.57. The van der Waals surface area contributed by atoms with E-state index >= 15 is 0 Å². The van der Waals surface area contributed by atoms with Gasteiger partial charge in [-0.3, -0.25) is 0 Å². The van der Waals surface area contributed by atoms with Gasteiger partial charge in [0.2, 0.25) is 0 Å². The molecular weight excluding hydrogens is 180 g/mol. The molecule has 0 heterocycles. The first-order chi connectivity index (χ1) is 7.37. The van der Waals surface area contributed by atoms with Crippen molar-refractivity contribution in [3.8, 4) is 0 Å². The van der Waals surface area contributed by atoms with Crippen molar-refractivity contribution in [3.63, 3.8) is 0 Å². The van der Waals surface area contributed by atoms with Crippen molar-refractivity contribution in [2.45, 2.75) is 64.2 Å². The lowest BCUT2D eigenvalue weighted by Crippen LogP contribution is -2.30. The summed E-state index contributed by atoms with van der Waals surface area (Å²) in [5, 5.41) is 0. The SMILES string of the molecule is C1CC[C@H]2C[C@]34CC[C@@H](CCC3C2C1)C4. The lowest BCUT2D eigenvalue weighted by molar-refractivity contribution is 0.111. The number of hydrogen-bond donors (Lipinski definition) is 0. The maximum absolute atomic E-state index is 1.65. The third-order valence-corrected chi connectivity index (χ3v) is 6.57. The lowest BCUT2D eigenvalue weighted by atomic mass is 9.66. The van der Waals surface area contributed by atoms with Crippen molar-refractivity contribution in [3.05, 3.63) is 0 Å². The third kappa shape index (κ3) is 1.14. The molecule has 4 aliphatic rings. The molecule has 84 valence electrons. The quantitative estimate of drug-likeness (QED) is 0.549. The second kappa shape index (κ2) is 3.02. The Morgan fingerprint density at radius 3 is 2.73 bits per heavy atom. The Bertz CT molecular complexity index is 269. The van der Waals surface area contributed by atoms with E-state index in [-0.39, 0.29) is 0 Å². The molecule has 0 heteroatoms. The fourth-order valence-corrected chi connectivity index (χ4v) is 6.12. The van der Waals surface area contributed by atoms with Crippen molar-refractivity contribution in [1.82, 2.24) is 0 Å². The smallest absolute Gasteiger partial charge is 0.0261 e. The van der Waals surface area contributed by atoms with Crippen molar-refractivity contribution in [1.29, 1.82) is 0 Å². The normalized spacial score (nSPS) is 57.6. The van der Waals surface area contributed by atoms with E-state index in [0.29, 0.717) is 0 Å². The van der Waals surface area contributed by atoms with Gasteiger partial charge in [-0.15, -0.1) is 0 Å². The van der Waals surface area contributed by atoms with E-state index in [1.165, 1.54) is 17.8 Å². The molecule has 0 aromatic heterocycles. The van der Waals surface area contributed by atoms with Crippen molar-refractivity contribution < 1.29 is 0 Å². The Balaban J connectivity index is 1.68. The van der Waals surface area contributed by atoms with Gasteiger partial charge in [-0.2, -0.15) is 0 Å². The zero-order valence-electron chi connectivity index (χ0n) is 9.88. The van der Waals surface area contributed by atoms with Crippen molar-refractivity contribution in [2.75, 3.05) is 0 Å². The Labute approximate surface area is 93.8 Å². The first kappa shape index (κ1) is 9.07. The van der Waals surface area contributed by atoms with Gasteiger partial charge in [-0.25, -0.2) is 0 Å². The van der Waals surface area contributed by atoms with Crippen LogP contribution in [0.4, 0.5) is 0 Å². The molecule has 4 fully saturated rings. The van der Waals surface area contributed by atoms with E-state index < -0.39 is 0 Å². The van der Waals surface area contributed by atoms with Crippen molar-refractivity contribution in [2.24, 2.45) is 29.1 Å². The van der Waals surface area contributed by atoms with Crippen LogP contribution in [0.5, 0.6) is 0 Å². The summed E-state index contributed by atoms with van der Waals surface area (Å²) in [4.78, 5) is 0. The molecule has 4 rings (SSSR count). The first-order valence-corrected chi connectivity index (χ1v) is 7.37. The maximum Gasteiger partial charge on any atom is -0.0261 e. The summed E-state index contributed by atoms with van der Waals surface area (Å²) in [5.74, 6) is 4.68. The molecule has 4 aliphatic carbocycles. The fraction of sp³-hybridized carbons (Fsp3) is 1.00. The Hall–Kier alpha value is 0. The van der Waals surface area contributed by atoms with Crippen LogP contribution in [0.3, 0.4) is 0 Å². The Morgan fingerprint density at radius 2 is 1.73 bits per heavy atom. The average Bonchev–Trinajstić information content (AvgIpc) is 2.76. The standard InChI is InChI=1S/C15H24/c1-2-4-13-12(3-1)10-15-8-7-11(9-15)5-6-14(13)15/h11-14H,1-10H2/t11-,12+,13?,14?,15-/m1/s1. The van der Waals surface area contributed by atoms with Crippen LogP contribution in [0.2, 0.25) is 0 Å². The number of rotatable bonds is 0. The molecule has 2 unspecified atom stereocenters. The summed E-state index contributed by atoms with van der Waals surface area (Å²) in [6, 6.07) is 0. The van der Waals surface area contributed by atoms with Crippen molar-refractivity contribution >= 4 is 0 Å². The van der Waals surface area contributed by atoms with Gasteiger partial charge in [0.05, 0.1) is 0 Å². The van der Waals surface area contributed by atoms with Gasteiger partial charge in [-0.1, -0.05) is 25.7 Å². The van der Waals surface area contributed by atoms with Gasteiger partial charge in [0, 0.05) is 0 Å². The van der Waals surface area contributed by atoms with Crippen LogP contribution in [0.1, 0.15) is 64.2 Å². The highest BCUT2D eigenvalue weighted by Crippen LogP contribution is 2.67.